The van der Waals surface area contributed by atoms with Crippen LogP contribution in [0.4, 0.5) is 5.69 Å². The molecule has 7 nitrogen and oxygen atoms in total. The van der Waals surface area contributed by atoms with E-state index in [1.165, 1.54) is 17.7 Å². The van der Waals surface area contributed by atoms with Crippen LogP contribution in [0.1, 0.15) is 22.3 Å². The molecular formula is C20H17ClN2O5. The summed E-state index contributed by atoms with van der Waals surface area (Å²) in [6, 6.07) is 13.5. The Bertz CT molecular complexity index is 943. The summed E-state index contributed by atoms with van der Waals surface area (Å²) in [4.78, 5) is 36.4. The number of ether oxygens (including phenoxy) is 1. The molecule has 0 fully saturated rings. The van der Waals surface area contributed by atoms with Crippen molar-refractivity contribution in [3.63, 3.8) is 0 Å². The number of nitro groups is 1. The van der Waals surface area contributed by atoms with Crippen LogP contribution >= 0.6 is 11.6 Å². The maximum Gasteiger partial charge on any atom is 0.345 e. The van der Waals surface area contributed by atoms with E-state index in [0.717, 1.165) is 11.6 Å². The molecule has 0 saturated carbocycles. The van der Waals surface area contributed by atoms with Crippen LogP contribution in [0.3, 0.4) is 0 Å². The molecule has 0 aromatic heterocycles. The number of rotatable bonds is 5. The van der Waals surface area contributed by atoms with E-state index >= 15 is 0 Å². The summed E-state index contributed by atoms with van der Waals surface area (Å²) >= 11 is 5.73. The maximum absolute atomic E-state index is 12.3. The molecule has 3 rings (SSSR count). The van der Waals surface area contributed by atoms with Gasteiger partial charge in [0, 0.05) is 24.2 Å². The van der Waals surface area contributed by atoms with E-state index in [0.29, 0.717) is 19.5 Å². The molecule has 8 heteroatoms. The van der Waals surface area contributed by atoms with Gasteiger partial charge in [-0.05, 0) is 29.7 Å². The number of esters is 1. The zero-order valence-electron chi connectivity index (χ0n) is 14.8. The minimum atomic E-state index is -0.936. The Kier molecular flexibility index (Phi) is 6.06. The molecule has 0 bridgehead atoms. The third-order valence-electron chi connectivity index (χ3n) is 4.41. The number of hydrogen-bond acceptors (Lipinski definition) is 5. The van der Waals surface area contributed by atoms with Gasteiger partial charge in [0.25, 0.3) is 11.6 Å². The normalized spacial score (nSPS) is 13.6. The van der Waals surface area contributed by atoms with E-state index in [-0.39, 0.29) is 16.5 Å². The molecule has 0 radical (unpaired) electrons. The fourth-order valence-electron chi connectivity index (χ4n) is 2.93. The number of nitrogens with zero attached hydrogens (tertiary/aromatic N) is 2. The van der Waals surface area contributed by atoms with Crippen LogP contribution in [0.15, 0.2) is 54.6 Å². The van der Waals surface area contributed by atoms with Gasteiger partial charge in [0.2, 0.25) is 0 Å². The van der Waals surface area contributed by atoms with Gasteiger partial charge >= 0.3 is 5.97 Å². The number of carbonyl (C=O) groups excluding carboxylic acids is 2. The topological polar surface area (TPSA) is 89.8 Å². The average Bonchev–Trinajstić information content (AvgIpc) is 2.72. The van der Waals surface area contributed by atoms with Crippen LogP contribution in [-0.4, -0.2) is 41.4 Å². The first-order chi connectivity index (χ1) is 13.5. The van der Waals surface area contributed by atoms with Crippen molar-refractivity contribution in [2.45, 2.75) is 6.42 Å². The molecule has 0 N–H and O–H groups in total. The molecule has 144 valence electrons. The summed E-state index contributed by atoms with van der Waals surface area (Å²) in [6.45, 7) is 0.451. The van der Waals surface area contributed by atoms with Crippen LogP contribution in [0, 0.1) is 10.1 Å². The molecule has 0 unspecified atom stereocenters. The number of halogens is 1. The van der Waals surface area contributed by atoms with E-state index in [1.807, 2.05) is 36.4 Å². The third-order valence-corrected chi connectivity index (χ3v) is 4.64. The molecule has 28 heavy (non-hydrogen) atoms. The van der Waals surface area contributed by atoms with E-state index < -0.39 is 23.2 Å². The van der Waals surface area contributed by atoms with Gasteiger partial charge in [-0.3, -0.25) is 14.9 Å². The summed E-state index contributed by atoms with van der Waals surface area (Å²) in [7, 11) is 0. The van der Waals surface area contributed by atoms with Crippen molar-refractivity contribution in [3.05, 3.63) is 80.9 Å². The summed E-state index contributed by atoms with van der Waals surface area (Å²) in [5, 5.41) is 11.2. The van der Waals surface area contributed by atoms with E-state index in [1.54, 1.807) is 4.90 Å². The van der Waals surface area contributed by atoms with Crippen molar-refractivity contribution in [3.8, 4) is 0 Å². The lowest BCUT2D eigenvalue weighted by atomic mass is 10.00. The highest BCUT2D eigenvalue weighted by Gasteiger charge is 2.24. The molecule has 1 heterocycles. The van der Waals surface area contributed by atoms with Gasteiger partial charge in [0.05, 0.1) is 4.92 Å². The largest absolute Gasteiger partial charge is 0.452 e. The number of carbonyl (C=O) groups is 2. The average molecular weight is 401 g/mol. The van der Waals surface area contributed by atoms with E-state index in [2.05, 4.69) is 0 Å². The van der Waals surface area contributed by atoms with Gasteiger partial charge in [-0.1, -0.05) is 48.0 Å². The van der Waals surface area contributed by atoms with Gasteiger partial charge in [-0.15, -0.1) is 0 Å². The highest BCUT2D eigenvalue weighted by atomic mass is 35.5. The molecule has 0 aliphatic carbocycles. The molecule has 1 amide bonds. The maximum atomic E-state index is 12.3. The lowest BCUT2D eigenvalue weighted by molar-refractivity contribution is -0.385. The molecule has 0 spiro atoms. The Balaban J connectivity index is 1.59. The van der Waals surface area contributed by atoms with Crippen LogP contribution in [0.2, 0.25) is 5.02 Å². The van der Waals surface area contributed by atoms with Crippen molar-refractivity contribution in [1.29, 1.82) is 0 Å². The molecule has 2 aromatic carbocycles. The molecule has 1 aliphatic heterocycles. The lowest BCUT2D eigenvalue weighted by Gasteiger charge is -2.26. The van der Waals surface area contributed by atoms with Crippen molar-refractivity contribution in [1.82, 2.24) is 4.90 Å². The molecule has 1 aliphatic rings. The zero-order chi connectivity index (χ0) is 20.1. The van der Waals surface area contributed by atoms with Crippen molar-refractivity contribution < 1.29 is 19.2 Å². The summed E-state index contributed by atoms with van der Waals surface area (Å²) in [6.07, 6.45) is 2.68. The second-order valence-electron chi connectivity index (χ2n) is 6.18. The highest BCUT2D eigenvalue weighted by molar-refractivity contribution is 6.31. The second kappa shape index (κ2) is 8.67. The van der Waals surface area contributed by atoms with Gasteiger partial charge in [-0.2, -0.15) is 0 Å². The first-order valence-corrected chi connectivity index (χ1v) is 8.97. The Morgan fingerprint density at radius 3 is 2.57 bits per heavy atom. The predicted octanol–water partition coefficient (Wildman–Crippen LogP) is 3.72. The quantitative estimate of drug-likeness (QED) is 0.433. The Morgan fingerprint density at radius 1 is 1.18 bits per heavy atom. The minimum Gasteiger partial charge on any atom is -0.452 e. The Hall–Kier alpha value is -3.19. The van der Waals surface area contributed by atoms with Gasteiger partial charge in [0.1, 0.15) is 5.56 Å². The molecule has 2 aromatic rings. The highest BCUT2D eigenvalue weighted by Crippen LogP contribution is 2.24. The standard InChI is InChI=1S/C20H17ClN2O5/c21-16-6-7-17(18(12-16)23(26)27)20(25)28-13-19(24)22-10-8-15(9-11-22)14-4-2-1-3-5-14/h1-8,12H,9-11,13H2. The lowest BCUT2D eigenvalue weighted by Crippen LogP contribution is -2.37. The number of benzene rings is 2. The van der Waals surface area contributed by atoms with Crippen molar-refractivity contribution in [2.75, 3.05) is 19.7 Å². The zero-order valence-corrected chi connectivity index (χ0v) is 15.6. The summed E-state index contributed by atoms with van der Waals surface area (Å²) in [5.74, 6) is -1.29. The smallest absolute Gasteiger partial charge is 0.345 e. The second-order valence-corrected chi connectivity index (χ2v) is 6.62. The van der Waals surface area contributed by atoms with E-state index in [9.17, 15) is 19.7 Å². The number of amides is 1. The van der Waals surface area contributed by atoms with Crippen LogP contribution < -0.4 is 0 Å². The van der Waals surface area contributed by atoms with Crippen molar-refractivity contribution in [2.24, 2.45) is 0 Å². The van der Waals surface area contributed by atoms with Crippen LogP contribution in [0.5, 0.6) is 0 Å². The van der Waals surface area contributed by atoms with Gasteiger partial charge in [-0.25, -0.2) is 4.79 Å². The predicted molar refractivity (Wildman–Crippen MR) is 104 cm³/mol. The molecule has 0 saturated heterocycles. The van der Waals surface area contributed by atoms with Crippen LogP contribution in [-0.2, 0) is 9.53 Å². The SMILES string of the molecule is O=C(OCC(=O)N1CC=C(c2ccccc2)CC1)c1ccc(Cl)cc1[N+](=O)[O-]. The first-order valence-electron chi connectivity index (χ1n) is 8.59. The summed E-state index contributed by atoms with van der Waals surface area (Å²) < 4.78 is 4.99. The number of hydrogen-bond donors (Lipinski definition) is 0. The molecular weight excluding hydrogens is 384 g/mol. The Morgan fingerprint density at radius 2 is 1.93 bits per heavy atom. The monoisotopic (exact) mass is 400 g/mol. The van der Waals surface area contributed by atoms with Crippen LogP contribution in [0.25, 0.3) is 5.57 Å². The first kappa shape index (κ1) is 19.6. The van der Waals surface area contributed by atoms with E-state index in [4.69, 9.17) is 16.3 Å². The minimum absolute atomic E-state index is 0.133. The molecule has 0 atom stereocenters. The van der Waals surface area contributed by atoms with Gasteiger partial charge in [0.15, 0.2) is 6.61 Å². The van der Waals surface area contributed by atoms with Crippen molar-refractivity contribution >= 4 is 34.7 Å². The third kappa shape index (κ3) is 4.55. The fourth-order valence-corrected chi connectivity index (χ4v) is 3.10. The number of nitro benzene ring substituents is 1. The van der Waals surface area contributed by atoms with Gasteiger partial charge < -0.3 is 9.64 Å². The summed E-state index contributed by atoms with van der Waals surface area (Å²) in [5.41, 5.74) is 1.58. The Labute approximate surface area is 166 Å². The fraction of sp³-hybridized carbons (Fsp3) is 0.200.